The van der Waals surface area contributed by atoms with Crippen molar-refractivity contribution >= 4 is 23.7 Å². The van der Waals surface area contributed by atoms with Crippen LogP contribution in [0.15, 0.2) is 12.7 Å². The monoisotopic (exact) mass is 278 g/mol. The minimum atomic E-state index is 0.195. The van der Waals surface area contributed by atoms with Gasteiger partial charge in [0.05, 0.1) is 0 Å². The van der Waals surface area contributed by atoms with Crippen LogP contribution >= 0.6 is 11.8 Å². The Balaban J connectivity index is 1.97. The van der Waals surface area contributed by atoms with Gasteiger partial charge in [0.2, 0.25) is 11.9 Å². The average molecular weight is 278 g/mol. The predicted octanol–water partition coefficient (Wildman–Crippen LogP) is -0.0238. The number of rotatable bonds is 2. The van der Waals surface area contributed by atoms with Gasteiger partial charge in [0.1, 0.15) is 12.7 Å². The van der Waals surface area contributed by atoms with Crippen molar-refractivity contribution < 1.29 is 0 Å². The summed E-state index contributed by atoms with van der Waals surface area (Å²) in [6, 6.07) is 0.379. The van der Waals surface area contributed by atoms with E-state index in [1.54, 1.807) is 0 Å². The molecule has 2 aromatic rings. The highest BCUT2D eigenvalue weighted by Gasteiger charge is 2.22. The molecule has 1 aliphatic heterocycles. The molecule has 9 heteroatoms. The maximum atomic E-state index is 5.76. The molecule has 1 fully saturated rings. The van der Waals surface area contributed by atoms with Gasteiger partial charge in [-0.15, -0.1) is 0 Å². The van der Waals surface area contributed by atoms with E-state index in [-0.39, 0.29) is 5.95 Å². The first-order valence-corrected chi connectivity index (χ1v) is 7.10. The molecule has 3 heterocycles. The van der Waals surface area contributed by atoms with Crippen LogP contribution in [0.3, 0.4) is 0 Å². The Morgan fingerprint density at radius 1 is 1.32 bits per heavy atom. The van der Waals surface area contributed by atoms with Gasteiger partial charge in [-0.25, -0.2) is 4.98 Å². The first-order chi connectivity index (χ1) is 9.24. The zero-order chi connectivity index (χ0) is 13.2. The lowest BCUT2D eigenvalue weighted by molar-refractivity contribution is 0.669. The number of anilines is 2. The Hall–Kier alpha value is -1.90. The van der Waals surface area contributed by atoms with Crippen LogP contribution in [0, 0.1) is 0 Å². The summed E-state index contributed by atoms with van der Waals surface area (Å²) in [4.78, 5) is 18.8. The fourth-order valence-electron chi connectivity index (χ4n) is 1.94. The van der Waals surface area contributed by atoms with Crippen LogP contribution < -0.4 is 10.6 Å². The van der Waals surface area contributed by atoms with E-state index in [0.717, 1.165) is 18.1 Å². The smallest absolute Gasteiger partial charge is 0.258 e. The molecular weight excluding hydrogens is 264 g/mol. The lowest BCUT2D eigenvalue weighted by atomic mass is 10.3. The fraction of sp³-hybridized carbons (Fsp3) is 0.500. The van der Waals surface area contributed by atoms with E-state index in [4.69, 9.17) is 5.73 Å². The average Bonchev–Trinajstić information content (AvgIpc) is 2.92. The van der Waals surface area contributed by atoms with E-state index < -0.39 is 0 Å². The van der Waals surface area contributed by atoms with Crippen molar-refractivity contribution in [1.82, 2.24) is 29.7 Å². The summed E-state index contributed by atoms with van der Waals surface area (Å²) in [7, 11) is 0. The quantitative estimate of drug-likeness (QED) is 0.818. The molecule has 8 nitrogen and oxygen atoms in total. The molecule has 0 saturated carbocycles. The third kappa shape index (κ3) is 2.46. The van der Waals surface area contributed by atoms with Gasteiger partial charge in [-0.2, -0.15) is 36.5 Å². The topological polar surface area (TPSA) is 98.6 Å². The van der Waals surface area contributed by atoms with Crippen molar-refractivity contribution in [2.75, 3.05) is 28.7 Å². The predicted molar refractivity (Wildman–Crippen MR) is 73.3 cm³/mol. The molecule has 1 aliphatic rings. The van der Waals surface area contributed by atoms with Gasteiger partial charge in [-0.1, -0.05) is 0 Å². The normalized spacial score (nSPS) is 19.6. The molecule has 0 bridgehead atoms. The zero-order valence-corrected chi connectivity index (χ0v) is 11.3. The molecule has 0 aromatic carbocycles. The second kappa shape index (κ2) is 5.00. The summed E-state index contributed by atoms with van der Waals surface area (Å²) in [5.41, 5.74) is 5.76. The second-order valence-electron chi connectivity index (χ2n) is 4.25. The lowest BCUT2D eigenvalue weighted by Crippen LogP contribution is -2.41. The van der Waals surface area contributed by atoms with Crippen LogP contribution in [0.25, 0.3) is 5.95 Å². The van der Waals surface area contributed by atoms with E-state index in [0.29, 0.717) is 17.9 Å². The van der Waals surface area contributed by atoms with Crippen LogP contribution in [0.5, 0.6) is 0 Å². The van der Waals surface area contributed by atoms with Crippen molar-refractivity contribution in [1.29, 1.82) is 0 Å². The summed E-state index contributed by atoms with van der Waals surface area (Å²) in [5, 5.41) is 4.01. The SMILES string of the molecule is CC1CSCCN1c1nc(N)nc(-n2cncn2)n1. The standard InChI is InChI=1S/C10H14N8S/c1-7-4-19-3-2-17(7)9-14-8(11)15-10(16-9)18-6-12-5-13-18/h5-7H,2-4H2,1H3,(H2,11,14,15,16). The molecule has 1 unspecified atom stereocenters. The zero-order valence-electron chi connectivity index (χ0n) is 10.5. The number of nitrogens with two attached hydrogens (primary N) is 1. The van der Waals surface area contributed by atoms with Crippen LogP contribution in [0.2, 0.25) is 0 Å². The molecule has 1 saturated heterocycles. The van der Waals surface area contributed by atoms with Crippen molar-refractivity contribution in [3.63, 3.8) is 0 Å². The maximum absolute atomic E-state index is 5.76. The molecule has 0 spiro atoms. The van der Waals surface area contributed by atoms with Crippen molar-refractivity contribution in [3.05, 3.63) is 12.7 Å². The largest absolute Gasteiger partial charge is 0.368 e. The Morgan fingerprint density at radius 3 is 2.89 bits per heavy atom. The Kier molecular flexibility index (Phi) is 3.20. The number of hydrogen-bond acceptors (Lipinski definition) is 8. The van der Waals surface area contributed by atoms with Crippen molar-refractivity contribution in [2.24, 2.45) is 0 Å². The molecule has 100 valence electrons. The van der Waals surface area contributed by atoms with Crippen LogP contribution in [-0.4, -0.2) is 53.8 Å². The summed E-state index contributed by atoms with van der Waals surface area (Å²) in [6.07, 6.45) is 2.97. The Bertz CT molecular complexity index is 557. The minimum Gasteiger partial charge on any atom is -0.368 e. The van der Waals surface area contributed by atoms with Crippen LogP contribution in [0.4, 0.5) is 11.9 Å². The molecule has 2 aromatic heterocycles. The molecule has 3 rings (SSSR count). The van der Waals surface area contributed by atoms with Gasteiger partial charge >= 0.3 is 0 Å². The van der Waals surface area contributed by atoms with Crippen molar-refractivity contribution in [2.45, 2.75) is 13.0 Å². The van der Waals surface area contributed by atoms with Crippen molar-refractivity contribution in [3.8, 4) is 5.95 Å². The molecular formula is C10H14N8S. The highest BCUT2D eigenvalue weighted by atomic mass is 32.2. The number of thioether (sulfide) groups is 1. The van der Waals surface area contributed by atoms with Gasteiger partial charge in [0.15, 0.2) is 0 Å². The summed E-state index contributed by atoms with van der Waals surface area (Å²) < 4.78 is 1.48. The van der Waals surface area contributed by atoms with Gasteiger partial charge in [0.25, 0.3) is 5.95 Å². The third-order valence-electron chi connectivity index (χ3n) is 2.88. The van der Waals surface area contributed by atoms with Gasteiger partial charge < -0.3 is 10.6 Å². The second-order valence-corrected chi connectivity index (χ2v) is 5.40. The van der Waals surface area contributed by atoms with Crippen LogP contribution in [0.1, 0.15) is 6.92 Å². The van der Waals surface area contributed by atoms with Gasteiger partial charge in [-0.3, -0.25) is 0 Å². The van der Waals surface area contributed by atoms with E-state index in [1.807, 2.05) is 11.8 Å². The summed E-state index contributed by atoms with van der Waals surface area (Å²) in [5.74, 6) is 3.32. The fourth-order valence-corrected chi connectivity index (χ4v) is 2.95. The first kappa shape index (κ1) is 12.2. The van der Waals surface area contributed by atoms with Gasteiger partial charge in [0, 0.05) is 24.1 Å². The highest BCUT2D eigenvalue weighted by molar-refractivity contribution is 7.99. The third-order valence-corrected chi connectivity index (χ3v) is 4.07. The van der Waals surface area contributed by atoms with E-state index in [1.165, 1.54) is 17.3 Å². The van der Waals surface area contributed by atoms with Crippen LogP contribution in [-0.2, 0) is 0 Å². The number of nitrogens with zero attached hydrogens (tertiary/aromatic N) is 7. The maximum Gasteiger partial charge on any atom is 0.258 e. The van der Waals surface area contributed by atoms with E-state index >= 15 is 0 Å². The molecule has 1 atom stereocenters. The number of nitrogen functional groups attached to an aromatic ring is 1. The summed E-state index contributed by atoms with van der Waals surface area (Å²) >= 11 is 1.94. The Morgan fingerprint density at radius 2 is 2.16 bits per heavy atom. The number of hydrogen-bond donors (Lipinski definition) is 1. The Labute approximate surface area is 114 Å². The lowest BCUT2D eigenvalue weighted by Gasteiger charge is -2.32. The molecule has 19 heavy (non-hydrogen) atoms. The van der Waals surface area contributed by atoms with Gasteiger partial charge in [-0.05, 0) is 6.92 Å². The molecule has 0 aliphatic carbocycles. The van der Waals surface area contributed by atoms with E-state index in [9.17, 15) is 0 Å². The summed E-state index contributed by atoms with van der Waals surface area (Å²) in [6.45, 7) is 3.06. The van der Waals surface area contributed by atoms with E-state index in [2.05, 4.69) is 36.9 Å². The number of aromatic nitrogens is 6. The first-order valence-electron chi connectivity index (χ1n) is 5.95. The molecule has 0 amide bonds. The minimum absolute atomic E-state index is 0.195. The highest BCUT2D eigenvalue weighted by Crippen LogP contribution is 2.21. The molecule has 0 radical (unpaired) electrons. The molecule has 2 N–H and O–H groups in total.